The number of carbonyl (C=O) groups excluding carboxylic acids is 1. The molecule has 0 fully saturated rings. The quantitative estimate of drug-likeness (QED) is 0.675. The third-order valence-corrected chi connectivity index (χ3v) is 2.20. The molecule has 0 saturated carbocycles. The molecule has 1 unspecified atom stereocenters. The molecule has 2 heterocycles. The number of rotatable bonds is 1. The van der Waals surface area contributed by atoms with Crippen molar-refractivity contribution >= 4 is 11.9 Å². The molecule has 74 valence electrons. The van der Waals surface area contributed by atoms with Crippen molar-refractivity contribution in [2.75, 3.05) is 7.05 Å². The predicted molar refractivity (Wildman–Crippen MR) is 50.7 cm³/mol. The summed E-state index contributed by atoms with van der Waals surface area (Å²) in [7, 11) is 3.52. The lowest BCUT2D eigenvalue weighted by atomic mass is 10.2. The molecule has 0 aliphatic carbocycles. The van der Waals surface area contributed by atoms with Gasteiger partial charge in [-0.1, -0.05) is 0 Å². The SMILES string of the molecule is CN1C(=O)N=C(N)C1c1cn(C)cn1. The van der Waals surface area contributed by atoms with Gasteiger partial charge in [0.15, 0.2) is 0 Å². The number of likely N-dealkylation sites (N-methyl/N-ethyl adjacent to an activating group) is 1. The Bertz CT molecular complexity index is 408. The summed E-state index contributed by atoms with van der Waals surface area (Å²) in [6.07, 6.45) is 3.49. The predicted octanol–water partition coefficient (Wildman–Crippen LogP) is -0.116. The fraction of sp³-hybridized carbons (Fsp3) is 0.375. The van der Waals surface area contributed by atoms with Gasteiger partial charge < -0.3 is 15.2 Å². The first-order chi connectivity index (χ1) is 6.59. The number of aryl methyl sites for hydroxylation is 1. The summed E-state index contributed by atoms with van der Waals surface area (Å²) in [6.45, 7) is 0. The molecular weight excluding hydrogens is 182 g/mol. The second-order valence-corrected chi connectivity index (χ2v) is 3.30. The van der Waals surface area contributed by atoms with Crippen LogP contribution in [0.1, 0.15) is 11.7 Å². The Morgan fingerprint density at radius 1 is 1.50 bits per heavy atom. The van der Waals surface area contributed by atoms with Gasteiger partial charge in [0.2, 0.25) is 0 Å². The van der Waals surface area contributed by atoms with Gasteiger partial charge in [0, 0.05) is 20.3 Å². The Kier molecular flexibility index (Phi) is 1.77. The smallest absolute Gasteiger partial charge is 0.345 e. The third-order valence-electron chi connectivity index (χ3n) is 2.20. The van der Waals surface area contributed by atoms with Crippen molar-refractivity contribution in [2.24, 2.45) is 17.8 Å². The minimum Gasteiger partial charge on any atom is -0.385 e. The van der Waals surface area contributed by atoms with Crippen LogP contribution in [0.2, 0.25) is 0 Å². The molecule has 0 radical (unpaired) electrons. The normalized spacial score (nSPS) is 21.6. The van der Waals surface area contributed by atoms with Gasteiger partial charge in [0.1, 0.15) is 11.9 Å². The zero-order valence-electron chi connectivity index (χ0n) is 8.01. The monoisotopic (exact) mass is 193 g/mol. The van der Waals surface area contributed by atoms with Crippen LogP contribution in [0, 0.1) is 0 Å². The lowest BCUT2D eigenvalue weighted by Crippen LogP contribution is -2.30. The number of carbonyl (C=O) groups is 1. The molecule has 1 aliphatic heterocycles. The molecule has 1 aliphatic rings. The molecule has 1 aromatic heterocycles. The highest BCUT2D eigenvalue weighted by molar-refractivity contribution is 6.02. The highest BCUT2D eigenvalue weighted by Crippen LogP contribution is 2.23. The number of nitrogens with zero attached hydrogens (tertiary/aromatic N) is 4. The van der Waals surface area contributed by atoms with Gasteiger partial charge in [0.05, 0.1) is 12.0 Å². The van der Waals surface area contributed by atoms with Crippen molar-refractivity contribution < 1.29 is 4.79 Å². The van der Waals surface area contributed by atoms with Gasteiger partial charge >= 0.3 is 6.03 Å². The van der Waals surface area contributed by atoms with Gasteiger partial charge in [-0.25, -0.2) is 9.78 Å². The maximum Gasteiger partial charge on any atom is 0.345 e. The van der Waals surface area contributed by atoms with Gasteiger partial charge in [-0.3, -0.25) is 0 Å². The molecule has 2 rings (SSSR count). The number of imidazole rings is 1. The van der Waals surface area contributed by atoms with Crippen LogP contribution < -0.4 is 5.73 Å². The first-order valence-electron chi connectivity index (χ1n) is 4.18. The van der Waals surface area contributed by atoms with E-state index in [9.17, 15) is 4.79 Å². The van der Waals surface area contributed by atoms with Crippen molar-refractivity contribution in [3.05, 3.63) is 18.2 Å². The van der Waals surface area contributed by atoms with Crippen LogP contribution in [0.25, 0.3) is 0 Å². The van der Waals surface area contributed by atoms with Crippen molar-refractivity contribution in [1.82, 2.24) is 14.5 Å². The van der Waals surface area contributed by atoms with E-state index in [0.717, 1.165) is 5.69 Å². The molecule has 1 aromatic rings. The molecule has 2 amide bonds. The van der Waals surface area contributed by atoms with E-state index < -0.39 is 0 Å². The van der Waals surface area contributed by atoms with Crippen molar-refractivity contribution in [3.8, 4) is 0 Å². The number of aromatic nitrogens is 2. The third kappa shape index (κ3) is 1.15. The maximum atomic E-state index is 11.2. The standard InChI is InChI=1S/C8H11N5O/c1-12-3-5(10-4-12)6-7(9)11-8(14)13(6)2/h3-4,6H,1-2H3,(H2,9,11,14). The number of hydrogen-bond acceptors (Lipinski definition) is 3. The number of urea groups is 1. The summed E-state index contributed by atoms with van der Waals surface area (Å²) in [6, 6.07) is -0.637. The molecule has 0 spiro atoms. The van der Waals surface area contributed by atoms with E-state index >= 15 is 0 Å². The molecular formula is C8H11N5O. The zero-order valence-corrected chi connectivity index (χ0v) is 8.01. The number of hydrogen-bond donors (Lipinski definition) is 1. The van der Waals surface area contributed by atoms with Crippen molar-refractivity contribution in [1.29, 1.82) is 0 Å². The number of amides is 2. The Labute approximate surface area is 81.0 Å². The summed E-state index contributed by atoms with van der Waals surface area (Å²) >= 11 is 0. The Morgan fingerprint density at radius 2 is 2.21 bits per heavy atom. The van der Waals surface area contributed by atoms with Gasteiger partial charge in [-0.15, -0.1) is 0 Å². The highest BCUT2D eigenvalue weighted by atomic mass is 16.2. The van der Waals surface area contributed by atoms with Crippen LogP contribution in [0.3, 0.4) is 0 Å². The second-order valence-electron chi connectivity index (χ2n) is 3.30. The van der Waals surface area contributed by atoms with Gasteiger partial charge in [-0.2, -0.15) is 4.99 Å². The molecule has 6 heteroatoms. The van der Waals surface area contributed by atoms with E-state index in [1.165, 1.54) is 4.90 Å². The van der Waals surface area contributed by atoms with Crippen LogP contribution in [0.4, 0.5) is 4.79 Å². The van der Waals surface area contributed by atoms with E-state index in [0.29, 0.717) is 5.84 Å². The summed E-state index contributed by atoms with van der Waals surface area (Å²) in [5, 5.41) is 0. The van der Waals surface area contributed by atoms with Crippen LogP contribution >= 0.6 is 0 Å². The van der Waals surface area contributed by atoms with Crippen LogP contribution in [-0.4, -0.2) is 33.4 Å². The fourth-order valence-corrected chi connectivity index (χ4v) is 1.48. The largest absolute Gasteiger partial charge is 0.385 e. The lowest BCUT2D eigenvalue weighted by Gasteiger charge is -2.16. The Balaban J connectivity index is 2.36. The molecule has 0 aromatic carbocycles. The first kappa shape index (κ1) is 8.74. The van der Waals surface area contributed by atoms with E-state index in [4.69, 9.17) is 5.73 Å². The highest BCUT2D eigenvalue weighted by Gasteiger charge is 2.32. The fourth-order valence-electron chi connectivity index (χ4n) is 1.48. The Hall–Kier alpha value is -1.85. The van der Waals surface area contributed by atoms with Gasteiger partial charge in [-0.05, 0) is 0 Å². The van der Waals surface area contributed by atoms with Gasteiger partial charge in [0.25, 0.3) is 0 Å². The molecule has 0 saturated heterocycles. The lowest BCUT2D eigenvalue weighted by molar-refractivity contribution is 0.218. The topological polar surface area (TPSA) is 76.5 Å². The van der Waals surface area contributed by atoms with Crippen LogP contribution in [-0.2, 0) is 7.05 Å². The number of amidine groups is 1. The van der Waals surface area contributed by atoms with E-state index in [1.54, 1.807) is 17.9 Å². The average Bonchev–Trinajstić information content (AvgIpc) is 2.60. The zero-order chi connectivity index (χ0) is 10.3. The molecule has 1 atom stereocenters. The summed E-state index contributed by atoms with van der Waals surface area (Å²) in [4.78, 5) is 20.5. The van der Waals surface area contributed by atoms with E-state index in [-0.39, 0.29) is 12.1 Å². The molecule has 0 bridgehead atoms. The maximum absolute atomic E-state index is 11.2. The molecule has 2 N–H and O–H groups in total. The summed E-state index contributed by atoms with van der Waals surface area (Å²) < 4.78 is 1.80. The summed E-state index contributed by atoms with van der Waals surface area (Å²) in [5.74, 6) is 0.302. The van der Waals surface area contributed by atoms with E-state index in [1.807, 2.05) is 13.2 Å². The second kappa shape index (κ2) is 2.83. The van der Waals surface area contributed by atoms with E-state index in [2.05, 4.69) is 9.98 Å². The minimum absolute atomic E-state index is 0.302. The first-order valence-corrected chi connectivity index (χ1v) is 4.18. The van der Waals surface area contributed by atoms with Crippen molar-refractivity contribution in [2.45, 2.75) is 6.04 Å². The van der Waals surface area contributed by atoms with Crippen LogP contribution in [0.15, 0.2) is 17.5 Å². The molecule has 6 nitrogen and oxygen atoms in total. The van der Waals surface area contributed by atoms with Crippen LogP contribution in [0.5, 0.6) is 0 Å². The molecule has 14 heavy (non-hydrogen) atoms. The Morgan fingerprint density at radius 3 is 2.64 bits per heavy atom. The summed E-state index contributed by atoms with van der Waals surface area (Å²) in [5.41, 5.74) is 6.38. The average molecular weight is 193 g/mol. The number of aliphatic imine (C=N–C) groups is 1. The van der Waals surface area contributed by atoms with Crippen molar-refractivity contribution in [3.63, 3.8) is 0 Å². The minimum atomic E-state index is -0.321. The number of nitrogens with two attached hydrogens (primary N) is 1.